The molecule has 0 saturated heterocycles. The van der Waals surface area contributed by atoms with Crippen molar-refractivity contribution in [3.05, 3.63) is 0 Å². The van der Waals surface area contributed by atoms with Crippen LogP contribution in [0, 0.1) is 5.92 Å². The summed E-state index contributed by atoms with van der Waals surface area (Å²) in [4.78, 5) is 147. The zero-order valence-electron chi connectivity index (χ0n) is 48.1. The lowest BCUT2D eigenvalue weighted by Gasteiger charge is -2.30. The number of aliphatic imine (C=N–C) groups is 3. The smallest absolute Gasteiger partial charge is 0.245 e. The first-order valence-electron chi connectivity index (χ1n) is 27.2. The molecule has 10 amide bonds. The fourth-order valence-corrected chi connectivity index (χ4v) is 7.79. The van der Waals surface area contributed by atoms with Crippen molar-refractivity contribution >= 4 is 77.0 Å². The highest BCUT2D eigenvalue weighted by Gasteiger charge is 2.37. The Hall–Kier alpha value is -7.61. The summed E-state index contributed by atoms with van der Waals surface area (Å²) in [5.41, 5.74) is 48.6. The number of hydrogen-bond donors (Lipinski definition) is 19. The van der Waals surface area contributed by atoms with Crippen molar-refractivity contribution in [2.45, 2.75) is 192 Å². The van der Waals surface area contributed by atoms with E-state index in [1.807, 2.05) is 0 Å². The molecule has 0 aliphatic rings. The van der Waals surface area contributed by atoms with Crippen molar-refractivity contribution in [1.29, 1.82) is 0 Å². The summed E-state index contributed by atoms with van der Waals surface area (Å²) >= 11 is 0. The molecule has 0 radical (unpaired) electrons. The van der Waals surface area contributed by atoms with Crippen LogP contribution < -0.4 is 99.5 Å². The number of primary amides is 1. The molecular formula is C49H95N21O11. The number of nitrogens with two attached hydrogens (primary N) is 9. The van der Waals surface area contributed by atoms with Crippen molar-refractivity contribution in [3.8, 4) is 0 Å². The molecule has 0 aliphatic carbocycles. The van der Waals surface area contributed by atoms with E-state index in [0.29, 0.717) is 32.1 Å². The van der Waals surface area contributed by atoms with E-state index in [-0.39, 0.29) is 102 Å². The fourth-order valence-electron chi connectivity index (χ4n) is 7.79. The molecule has 0 saturated carbocycles. The molecule has 462 valence electrons. The summed E-state index contributed by atoms with van der Waals surface area (Å²) in [5.74, 6) is -9.27. The number of unbranched alkanes of at least 4 members (excludes halogenated alkanes) is 2. The van der Waals surface area contributed by atoms with Gasteiger partial charge in [-0.3, -0.25) is 62.9 Å². The Labute approximate surface area is 473 Å². The third kappa shape index (κ3) is 30.5. The maximum atomic E-state index is 14.5. The van der Waals surface area contributed by atoms with Crippen LogP contribution >= 0.6 is 0 Å². The quantitative estimate of drug-likeness (QED) is 0.0154. The van der Waals surface area contributed by atoms with E-state index in [1.54, 1.807) is 13.8 Å². The van der Waals surface area contributed by atoms with Crippen LogP contribution in [0.25, 0.3) is 0 Å². The first-order chi connectivity index (χ1) is 37.9. The van der Waals surface area contributed by atoms with Crippen molar-refractivity contribution in [2.24, 2.45) is 72.5 Å². The highest BCUT2D eigenvalue weighted by molar-refractivity contribution is 5.99. The summed E-state index contributed by atoms with van der Waals surface area (Å²) in [5, 5.41) is 33.5. The third-order valence-electron chi connectivity index (χ3n) is 12.6. The van der Waals surface area contributed by atoms with Crippen LogP contribution in [0.2, 0.25) is 0 Å². The Balaban J connectivity index is 7.10. The standard InChI is InChI=1S/C49H95N21O11/c1-8-26(2)35(68-42(78)33(19-14-24-60-47(55)56)63-38(74)27(3)62-45(81)49(6,7)70-29(5)72)44(80)67-32(18-13-23-59-46(53)54)41(77)65-30(16-9-11-21-50)39(75)64-31(17-10-12-22-51)40(76)66-34(20-15-25-61-48(57)58)43(79)69-36(28(4)71)37(52)73/h26-28,30-36,71H,8-25,50-51H2,1-7H3,(H2,52,73)(H,62,81)(H,63,74)(H,64,75)(H,65,77)(H,66,76)(H,67,80)(H,68,78)(H,69,79)(H,70,72)(H4,53,54,59)(H4,55,56,60)(H4,57,58,61)/t26-,27-,28+,30-,31-,32-,33-,34-,35-,36-/m0/s1. The molecule has 0 unspecified atom stereocenters. The highest BCUT2D eigenvalue weighted by Crippen LogP contribution is 2.14. The first kappa shape index (κ1) is 73.4. The molecule has 32 heteroatoms. The van der Waals surface area contributed by atoms with Crippen LogP contribution in [0.15, 0.2) is 15.0 Å². The van der Waals surface area contributed by atoms with Crippen molar-refractivity contribution < 1.29 is 53.1 Å². The van der Waals surface area contributed by atoms with Gasteiger partial charge in [0.25, 0.3) is 0 Å². The fraction of sp³-hybridized carbons (Fsp3) is 0.735. The van der Waals surface area contributed by atoms with Gasteiger partial charge in [0.2, 0.25) is 59.1 Å². The van der Waals surface area contributed by atoms with E-state index < -0.39 is 125 Å². The van der Waals surface area contributed by atoms with Gasteiger partial charge in [-0.2, -0.15) is 0 Å². The Morgan fingerprint density at radius 1 is 0.457 bits per heavy atom. The molecule has 10 atom stereocenters. The first-order valence-corrected chi connectivity index (χ1v) is 27.2. The molecule has 0 aromatic rings. The van der Waals surface area contributed by atoms with Crippen molar-refractivity contribution in [2.75, 3.05) is 32.7 Å². The average molecular weight is 1150 g/mol. The van der Waals surface area contributed by atoms with Crippen LogP contribution in [0.3, 0.4) is 0 Å². The number of rotatable bonds is 41. The molecule has 0 aromatic carbocycles. The van der Waals surface area contributed by atoms with Gasteiger partial charge in [0.15, 0.2) is 17.9 Å². The summed E-state index contributed by atoms with van der Waals surface area (Å²) < 4.78 is 0. The number of nitrogens with zero attached hydrogens (tertiary/aromatic N) is 3. The topological polar surface area (TPSA) is 570 Å². The van der Waals surface area contributed by atoms with E-state index in [9.17, 15) is 53.1 Å². The molecular weight excluding hydrogens is 1060 g/mol. The summed E-state index contributed by atoms with van der Waals surface area (Å²) in [6.07, 6.45) is 0.684. The van der Waals surface area contributed by atoms with Crippen LogP contribution in [0.4, 0.5) is 0 Å². The predicted octanol–water partition coefficient (Wildman–Crippen LogP) is -6.87. The molecule has 0 fully saturated rings. The monoisotopic (exact) mass is 1150 g/mol. The van der Waals surface area contributed by atoms with E-state index >= 15 is 0 Å². The van der Waals surface area contributed by atoms with Gasteiger partial charge in [-0.25, -0.2) is 0 Å². The number of carbonyl (C=O) groups excluding carboxylic acids is 10. The van der Waals surface area contributed by atoms with Gasteiger partial charge in [0.1, 0.15) is 53.9 Å². The Morgan fingerprint density at radius 3 is 1.09 bits per heavy atom. The number of nitrogens with one attached hydrogen (secondary N) is 9. The Bertz CT molecular complexity index is 2150. The van der Waals surface area contributed by atoms with E-state index in [1.165, 1.54) is 34.6 Å². The number of aliphatic hydroxyl groups is 1. The normalized spacial score (nSPS) is 14.8. The molecule has 0 aromatic heterocycles. The highest BCUT2D eigenvalue weighted by atomic mass is 16.3. The van der Waals surface area contributed by atoms with Crippen LogP contribution in [-0.2, 0) is 47.9 Å². The van der Waals surface area contributed by atoms with Gasteiger partial charge in [-0.1, -0.05) is 20.3 Å². The van der Waals surface area contributed by atoms with Crippen molar-refractivity contribution in [1.82, 2.24) is 47.9 Å². The van der Waals surface area contributed by atoms with E-state index in [0.717, 1.165) is 0 Å². The van der Waals surface area contributed by atoms with E-state index in [4.69, 9.17) is 51.6 Å². The second-order valence-electron chi connectivity index (χ2n) is 20.2. The number of aliphatic hydroxyl groups excluding tert-OH is 1. The van der Waals surface area contributed by atoms with Gasteiger partial charge >= 0.3 is 0 Å². The number of guanidine groups is 3. The lowest BCUT2D eigenvalue weighted by Crippen LogP contribution is -2.61. The minimum absolute atomic E-state index is 0.00145. The summed E-state index contributed by atoms with van der Waals surface area (Å²) in [7, 11) is 0. The molecule has 32 nitrogen and oxygen atoms in total. The molecule has 0 bridgehead atoms. The molecule has 0 heterocycles. The van der Waals surface area contributed by atoms with Gasteiger partial charge < -0.3 is 105 Å². The second kappa shape index (κ2) is 38.9. The maximum absolute atomic E-state index is 14.5. The van der Waals surface area contributed by atoms with Crippen LogP contribution in [0.1, 0.15) is 132 Å². The van der Waals surface area contributed by atoms with Gasteiger partial charge in [0, 0.05) is 26.6 Å². The van der Waals surface area contributed by atoms with Crippen LogP contribution in [0.5, 0.6) is 0 Å². The van der Waals surface area contributed by atoms with Gasteiger partial charge in [0.05, 0.1) is 6.10 Å². The Kier molecular flexibility index (Phi) is 35.2. The SMILES string of the molecule is CC[C@H](C)[C@H](NC(=O)[C@H](CCCN=C(N)N)NC(=O)[C@H](C)NC(=O)C(C)(C)NC(C)=O)C(=O)N[C@@H](CCCN=C(N)N)C(=O)N[C@@H](CCCCN)C(=O)N[C@@H](CCCCN)C(=O)N[C@@H](CCCN=C(N)N)C(=O)N[C@H](C(N)=O)[C@@H](C)O. The molecule has 28 N–H and O–H groups in total. The lowest BCUT2D eigenvalue weighted by molar-refractivity contribution is -0.137. The van der Waals surface area contributed by atoms with Gasteiger partial charge in [-0.15, -0.1) is 0 Å². The van der Waals surface area contributed by atoms with E-state index in [2.05, 4.69) is 62.8 Å². The molecule has 81 heavy (non-hydrogen) atoms. The lowest BCUT2D eigenvalue weighted by atomic mass is 9.96. The third-order valence-corrected chi connectivity index (χ3v) is 12.6. The zero-order valence-corrected chi connectivity index (χ0v) is 48.1. The number of amides is 10. The minimum atomic E-state index is -1.52. The van der Waals surface area contributed by atoms with Crippen molar-refractivity contribution in [3.63, 3.8) is 0 Å². The summed E-state index contributed by atoms with van der Waals surface area (Å²) in [6, 6.07) is -10.8. The van der Waals surface area contributed by atoms with Crippen LogP contribution in [-0.4, -0.2) is 175 Å². The average Bonchev–Trinajstić information content (AvgIpc) is 3.37. The predicted molar refractivity (Wildman–Crippen MR) is 305 cm³/mol. The summed E-state index contributed by atoms with van der Waals surface area (Å²) in [6.45, 7) is 10.7. The molecule has 0 rings (SSSR count). The Morgan fingerprint density at radius 2 is 0.778 bits per heavy atom. The second-order valence-corrected chi connectivity index (χ2v) is 20.2. The molecule has 0 spiro atoms. The minimum Gasteiger partial charge on any atom is -0.391 e. The van der Waals surface area contributed by atoms with Gasteiger partial charge in [-0.05, 0) is 124 Å². The zero-order chi connectivity index (χ0) is 62.0. The number of hydrogen-bond acceptors (Lipinski definition) is 16. The largest absolute Gasteiger partial charge is 0.391 e. The maximum Gasteiger partial charge on any atom is 0.245 e. The molecule has 0 aliphatic heterocycles. The number of carbonyl (C=O) groups is 10.